The van der Waals surface area contributed by atoms with Crippen molar-refractivity contribution in [3.8, 4) is 0 Å². The monoisotopic (exact) mass is 377 g/mol. The minimum Gasteiger partial charge on any atom is -0.361 e. The van der Waals surface area contributed by atoms with Crippen molar-refractivity contribution in [2.45, 2.75) is 18.8 Å². The summed E-state index contributed by atoms with van der Waals surface area (Å²) < 4.78 is 13.4. The fraction of sp³-hybridized carbons (Fsp3) is 0.273. The molecule has 2 aliphatic heterocycles. The number of halogens is 1. The summed E-state index contributed by atoms with van der Waals surface area (Å²) in [7, 11) is 0. The highest BCUT2D eigenvalue weighted by atomic mass is 19.1. The largest absolute Gasteiger partial charge is 0.361 e. The van der Waals surface area contributed by atoms with Crippen LogP contribution in [0.4, 0.5) is 4.39 Å². The van der Waals surface area contributed by atoms with E-state index < -0.39 is 0 Å². The van der Waals surface area contributed by atoms with Gasteiger partial charge in [0.1, 0.15) is 5.82 Å². The number of H-pyrrole nitrogens is 1. The van der Waals surface area contributed by atoms with Crippen LogP contribution in [-0.4, -0.2) is 46.4 Å². The van der Waals surface area contributed by atoms with Gasteiger partial charge in [-0.1, -0.05) is 12.1 Å². The van der Waals surface area contributed by atoms with Crippen molar-refractivity contribution < 1.29 is 14.0 Å². The summed E-state index contributed by atoms with van der Waals surface area (Å²) in [6.45, 7) is 1.95. The molecule has 2 amide bonds. The molecule has 2 aromatic carbocycles. The summed E-state index contributed by atoms with van der Waals surface area (Å²) >= 11 is 0. The van der Waals surface area contributed by atoms with Crippen LogP contribution in [0.25, 0.3) is 10.9 Å². The number of nitrogens with one attached hydrogen (secondary N) is 1. The molecule has 0 radical (unpaired) electrons. The molecule has 0 unspecified atom stereocenters. The molecule has 3 aromatic rings. The van der Waals surface area contributed by atoms with Crippen LogP contribution in [0.5, 0.6) is 0 Å². The van der Waals surface area contributed by atoms with Gasteiger partial charge in [0.2, 0.25) is 0 Å². The number of nitrogens with zero attached hydrogens (tertiary/aromatic N) is 2. The lowest BCUT2D eigenvalue weighted by Crippen LogP contribution is -2.44. The molecule has 1 N–H and O–H groups in total. The standard InChI is InChI=1S/C22H20FN3O2/c23-15-5-6-16-19(12-24-20(16)11-15)14-7-9-25(10-8-14)13-26-21(27)17-3-1-2-4-18(17)22(26)28/h1-6,11-12,14,24H,7-10,13H2. The molecule has 0 aliphatic carbocycles. The van der Waals surface area contributed by atoms with Crippen molar-refractivity contribution >= 4 is 22.7 Å². The molecular weight excluding hydrogens is 357 g/mol. The Hall–Kier alpha value is -2.99. The van der Waals surface area contributed by atoms with Crippen molar-refractivity contribution in [2.24, 2.45) is 0 Å². The number of imide groups is 1. The zero-order chi connectivity index (χ0) is 19.3. The number of hydrogen-bond acceptors (Lipinski definition) is 3. The van der Waals surface area contributed by atoms with E-state index in [9.17, 15) is 14.0 Å². The van der Waals surface area contributed by atoms with Crippen LogP contribution in [0.2, 0.25) is 0 Å². The van der Waals surface area contributed by atoms with E-state index in [0.29, 0.717) is 23.7 Å². The fourth-order valence-corrected chi connectivity index (χ4v) is 4.41. The highest BCUT2D eigenvalue weighted by Gasteiger charge is 2.36. The minimum atomic E-state index is -0.239. The Balaban J connectivity index is 1.27. The molecular formula is C22H20FN3O2. The summed E-state index contributed by atoms with van der Waals surface area (Å²) in [5, 5.41) is 1.07. The van der Waals surface area contributed by atoms with Gasteiger partial charge in [0.25, 0.3) is 11.8 Å². The topological polar surface area (TPSA) is 56.4 Å². The van der Waals surface area contributed by atoms with Crippen LogP contribution < -0.4 is 0 Å². The second-order valence-electron chi connectivity index (χ2n) is 7.55. The first-order chi connectivity index (χ1) is 13.6. The molecule has 5 nitrogen and oxygen atoms in total. The van der Waals surface area contributed by atoms with E-state index in [1.807, 2.05) is 12.3 Å². The Kier molecular flexibility index (Phi) is 4.02. The van der Waals surface area contributed by atoms with Gasteiger partial charge in [-0.2, -0.15) is 0 Å². The number of aromatic nitrogens is 1. The number of likely N-dealkylation sites (tertiary alicyclic amines) is 1. The quantitative estimate of drug-likeness (QED) is 0.708. The zero-order valence-corrected chi connectivity index (χ0v) is 15.3. The third kappa shape index (κ3) is 2.72. The highest BCUT2D eigenvalue weighted by molar-refractivity contribution is 6.21. The van der Waals surface area contributed by atoms with Gasteiger partial charge >= 0.3 is 0 Å². The summed E-state index contributed by atoms with van der Waals surface area (Å²) in [6.07, 6.45) is 3.86. The first kappa shape index (κ1) is 17.1. The van der Waals surface area contributed by atoms with Crippen LogP contribution in [0.1, 0.15) is 45.0 Å². The van der Waals surface area contributed by atoms with Crippen molar-refractivity contribution in [2.75, 3.05) is 19.8 Å². The van der Waals surface area contributed by atoms with Crippen LogP contribution in [0.15, 0.2) is 48.7 Å². The highest BCUT2D eigenvalue weighted by Crippen LogP contribution is 2.34. The second-order valence-corrected chi connectivity index (χ2v) is 7.55. The predicted octanol–water partition coefficient (Wildman–Crippen LogP) is 3.74. The number of hydrogen-bond donors (Lipinski definition) is 1. The van der Waals surface area contributed by atoms with Gasteiger partial charge in [-0.05, 0) is 54.7 Å². The lowest BCUT2D eigenvalue weighted by Gasteiger charge is -2.33. The first-order valence-electron chi connectivity index (χ1n) is 9.56. The van der Waals surface area contributed by atoms with E-state index in [0.717, 1.165) is 36.8 Å². The molecule has 5 rings (SSSR count). The number of amides is 2. The van der Waals surface area contributed by atoms with E-state index in [4.69, 9.17) is 0 Å². The van der Waals surface area contributed by atoms with Gasteiger partial charge in [0.15, 0.2) is 0 Å². The Morgan fingerprint density at radius 2 is 1.68 bits per heavy atom. The SMILES string of the molecule is O=C1c2ccccc2C(=O)N1CN1CCC(c2c[nH]c3cc(F)ccc23)CC1. The molecule has 142 valence electrons. The normalized spacial score (nSPS) is 18.2. The van der Waals surface area contributed by atoms with E-state index in [2.05, 4.69) is 9.88 Å². The molecule has 0 saturated carbocycles. The average Bonchev–Trinajstić information content (AvgIpc) is 3.23. The number of rotatable bonds is 3. The molecule has 6 heteroatoms. The molecule has 0 atom stereocenters. The number of benzene rings is 2. The molecule has 1 aromatic heterocycles. The summed E-state index contributed by atoms with van der Waals surface area (Å²) in [4.78, 5) is 31.8. The van der Waals surface area contributed by atoms with E-state index in [1.54, 1.807) is 24.3 Å². The minimum absolute atomic E-state index is 0.207. The Morgan fingerprint density at radius 3 is 2.36 bits per heavy atom. The van der Waals surface area contributed by atoms with Crippen molar-refractivity contribution in [1.82, 2.24) is 14.8 Å². The molecule has 1 fully saturated rings. The number of fused-ring (bicyclic) bond motifs is 2. The third-order valence-electron chi connectivity index (χ3n) is 5.92. The number of piperidine rings is 1. The van der Waals surface area contributed by atoms with Gasteiger partial charge in [0, 0.05) is 30.2 Å². The van der Waals surface area contributed by atoms with Gasteiger partial charge in [0.05, 0.1) is 17.8 Å². The van der Waals surface area contributed by atoms with E-state index in [-0.39, 0.29) is 17.6 Å². The number of aromatic amines is 1. The van der Waals surface area contributed by atoms with Crippen LogP contribution in [0, 0.1) is 5.82 Å². The van der Waals surface area contributed by atoms with Crippen molar-refractivity contribution in [1.29, 1.82) is 0 Å². The third-order valence-corrected chi connectivity index (χ3v) is 5.92. The summed E-state index contributed by atoms with van der Waals surface area (Å²) in [6, 6.07) is 11.8. The summed E-state index contributed by atoms with van der Waals surface area (Å²) in [5.74, 6) is -0.267. The predicted molar refractivity (Wildman–Crippen MR) is 104 cm³/mol. The van der Waals surface area contributed by atoms with Gasteiger partial charge in [-0.3, -0.25) is 19.4 Å². The maximum absolute atomic E-state index is 13.4. The zero-order valence-electron chi connectivity index (χ0n) is 15.3. The van der Waals surface area contributed by atoms with E-state index in [1.165, 1.54) is 22.6 Å². The van der Waals surface area contributed by atoms with Crippen LogP contribution in [-0.2, 0) is 0 Å². The van der Waals surface area contributed by atoms with E-state index >= 15 is 0 Å². The molecule has 0 bridgehead atoms. The molecule has 3 heterocycles. The lowest BCUT2D eigenvalue weighted by molar-refractivity contribution is 0.0511. The Morgan fingerprint density at radius 1 is 1.00 bits per heavy atom. The Labute approximate surface area is 161 Å². The van der Waals surface area contributed by atoms with Gasteiger partial charge < -0.3 is 4.98 Å². The Bertz CT molecular complexity index is 1050. The van der Waals surface area contributed by atoms with Gasteiger partial charge in [-0.25, -0.2) is 4.39 Å². The molecule has 1 saturated heterocycles. The average molecular weight is 377 g/mol. The number of carbonyl (C=O) groups is 2. The first-order valence-corrected chi connectivity index (χ1v) is 9.56. The maximum atomic E-state index is 13.4. The smallest absolute Gasteiger partial charge is 0.262 e. The molecule has 2 aliphatic rings. The molecule has 0 spiro atoms. The van der Waals surface area contributed by atoms with Crippen molar-refractivity contribution in [3.05, 3.63) is 71.2 Å². The summed E-state index contributed by atoms with van der Waals surface area (Å²) in [5.41, 5.74) is 3.03. The number of carbonyl (C=O) groups excluding carboxylic acids is 2. The van der Waals surface area contributed by atoms with Crippen molar-refractivity contribution in [3.63, 3.8) is 0 Å². The fourth-order valence-electron chi connectivity index (χ4n) is 4.41. The van der Waals surface area contributed by atoms with Crippen LogP contribution in [0.3, 0.4) is 0 Å². The second kappa shape index (κ2) is 6.56. The maximum Gasteiger partial charge on any atom is 0.262 e. The molecule has 28 heavy (non-hydrogen) atoms. The van der Waals surface area contributed by atoms with Gasteiger partial charge in [-0.15, -0.1) is 0 Å². The lowest BCUT2D eigenvalue weighted by atomic mass is 9.89. The van der Waals surface area contributed by atoms with Crippen LogP contribution >= 0.6 is 0 Å².